The minimum atomic E-state index is -0.485. The number of hydrogen-bond acceptors (Lipinski definition) is 9. The summed E-state index contributed by atoms with van der Waals surface area (Å²) in [5.74, 6) is 1.79. The first-order chi connectivity index (χ1) is 20.7. The zero-order valence-corrected chi connectivity index (χ0v) is 25.4. The Morgan fingerprint density at radius 1 is 1.00 bits per heavy atom. The predicted molar refractivity (Wildman–Crippen MR) is 165 cm³/mol. The minimum absolute atomic E-state index is 0.205. The largest absolute Gasteiger partial charge is 0.444 e. The highest BCUT2D eigenvalue weighted by Crippen LogP contribution is 2.26. The number of morpholine rings is 1. The van der Waals surface area contributed by atoms with Gasteiger partial charge in [0.1, 0.15) is 23.6 Å². The van der Waals surface area contributed by atoms with E-state index in [0.29, 0.717) is 32.7 Å². The number of carbonyl (C=O) groups is 1. The summed E-state index contributed by atoms with van der Waals surface area (Å²) < 4.78 is 11.0. The SMILES string of the molecule is CC(c1ccnc(Cc2nc3ccc(-c4cc(N5CCOCC5)ncn4)cc3[nH]2)c1)N1CCN(C(=O)OC(C)(C)C)CC1. The molecule has 0 bridgehead atoms. The first-order valence-corrected chi connectivity index (χ1v) is 15.0. The van der Waals surface area contributed by atoms with Crippen molar-refractivity contribution in [3.8, 4) is 11.3 Å². The third-order valence-corrected chi connectivity index (χ3v) is 8.00. The van der Waals surface area contributed by atoms with Crippen molar-refractivity contribution in [1.29, 1.82) is 0 Å². The van der Waals surface area contributed by atoms with Gasteiger partial charge in [-0.25, -0.2) is 19.7 Å². The first kappa shape index (κ1) is 29.0. The van der Waals surface area contributed by atoms with Gasteiger partial charge >= 0.3 is 6.09 Å². The number of piperazine rings is 1. The van der Waals surface area contributed by atoms with Crippen LogP contribution in [0.4, 0.5) is 10.6 Å². The maximum atomic E-state index is 12.5. The third-order valence-electron chi connectivity index (χ3n) is 8.00. The Morgan fingerprint density at radius 2 is 1.79 bits per heavy atom. The number of hydrogen-bond donors (Lipinski definition) is 1. The summed E-state index contributed by atoms with van der Waals surface area (Å²) in [5.41, 5.74) is 5.45. The zero-order valence-electron chi connectivity index (χ0n) is 25.4. The topological polar surface area (TPSA) is 113 Å². The number of pyridine rings is 1. The zero-order chi connectivity index (χ0) is 30.0. The Morgan fingerprint density at radius 3 is 2.56 bits per heavy atom. The van der Waals surface area contributed by atoms with Crippen LogP contribution < -0.4 is 4.90 Å². The molecule has 2 saturated heterocycles. The van der Waals surface area contributed by atoms with E-state index in [9.17, 15) is 4.79 Å². The molecule has 5 heterocycles. The number of imidazole rings is 1. The smallest absolute Gasteiger partial charge is 0.410 e. The number of ether oxygens (including phenoxy) is 2. The normalized spacial score (nSPS) is 17.3. The van der Waals surface area contributed by atoms with Gasteiger partial charge in [0.15, 0.2) is 0 Å². The van der Waals surface area contributed by atoms with Crippen molar-refractivity contribution in [3.63, 3.8) is 0 Å². The summed E-state index contributed by atoms with van der Waals surface area (Å²) in [5, 5.41) is 0. The molecule has 1 N–H and O–H groups in total. The third kappa shape index (κ3) is 6.94. The van der Waals surface area contributed by atoms with Crippen molar-refractivity contribution in [2.75, 3.05) is 57.4 Å². The standard InChI is InChI=1S/C32H40N8O3/c1-22(38-9-11-40(12-10-38)31(41)43-32(2,3)4)23-7-8-33-25(17-23)19-29-36-26-6-5-24(18-28(26)37-29)27-20-30(35-21-34-27)39-13-15-42-16-14-39/h5-8,17-18,20-22H,9-16,19H2,1-4H3,(H,36,37). The lowest BCUT2D eigenvalue weighted by molar-refractivity contribution is 0.0110. The van der Waals surface area contributed by atoms with E-state index < -0.39 is 5.60 Å². The molecule has 0 spiro atoms. The summed E-state index contributed by atoms with van der Waals surface area (Å²) in [6.45, 7) is 13.9. The maximum absolute atomic E-state index is 12.5. The molecule has 1 aromatic carbocycles. The van der Waals surface area contributed by atoms with Gasteiger partial charge in [-0.15, -0.1) is 0 Å². The molecule has 226 valence electrons. The van der Waals surface area contributed by atoms with Gasteiger partial charge in [0, 0.05) is 75.3 Å². The first-order valence-electron chi connectivity index (χ1n) is 15.0. The molecule has 2 aliphatic rings. The molecule has 4 aromatic rings. The van der Waals surface area contributed by atoms with Gasteiger partial charge < -0.3 is 24.3 Å². The lowest BCUT2D eigenvalue weighted by Gasteiger charge is -2.38. The van der Waals surface area contributed by atoms with Crippen molar-refractivity contribution in [2.24, 2.45) is 0 Å². The van der Waals surface area contributed by atoms with Gasteiger partial charge in [0.25, 0.3) is 0 Å². The van der Waals surface area contributed by atoms with E-state index in [1.165, 1.54) is 5.56 Å². The van der Waals surface area contributed by atoms with Crippen LogP contribution in [0.15, 0.2) is 48.9 Å². The summed E-state index contributed by atoms with van der Waals surface area (Å²) in [4.78, 5) is 40.9. The highest BCUT2D eigenvalue weighted by Gasteiger charge is 2.28. The van der Waals surface area contributed by atoms with Crippen LogP contribution >= 0.6 is 0 Å². The lowest BCUT2D eigenvalue weighted by atomic mass is 10.1. The van der Waals surface area contributed by atoms with Crippen LogP contribution in [0.2, 0.25) is 0 Å². The molecule has 11 nitrogen and oxygen atoms in total. The van der Waals surface area contributed by atoms with E-state index in [4.69, 9.17) is 14.5 Å². The van der Waals surface area contributed by atoms with Gasteiger partial charge in [-0.2, -0.15) is 0 Å². The van der Waals surface area contributed by atoms with Crippen molar-refractivity contribution in [2.45, 2.75) is 45.8 Å². The second-order valence-corrected chi connectivity index (χ2v) is 12.2. The van der Waals surface area contributed by atoms with Crippen molar-refractivity contribution in [3.05, 3.63) is 66.0 Å². The molecule has 43 heavy (non-hydrogen) atoms. The number of amides is 1. The summed E-state index contributed by atoms with van der Waals surface area (Å²) >= 11 is 0. The Kier molecular flexibility index (Phi) is 8.27. The molecule has 1 atom stereocenters. The number of anilines is 1. The number of carbonyl (C=O) groups excluding carboxylic acids is 1. The van der Waals surface area contributed by atoms with Gasteiger partial charge in [0.05, 0.1) is 29.9 Å². The minimum Gasteiger partial charge on any atom is -0.444 e. The molecule has 11 heteroatoms. The summed E-state index contributed by atoms with van der Waals surface area (Å²) in [7, 11) is 0. The van der Waals surface area contributed by atoms with Crippen LogP contribution in [-0.2, 0) is 15.9 Å². The number of aromatic nitrogens is 5. The number of aromatic amines is 1. The van der Waals surface area contributed by atoms with E-state index in [0.717, 1.165) is 65.8 Å². The van der Waals surface area contributed by atoms with Crippen molar-refractivity contribution < 1.29 is 14.3 Å². The quantitative estimate of drug-likeness (QED) is 0.351. The van der Waals surface area contributed by atoms with Gasteiger partial charge in [-0.3, -0.25) is 9.88 Å². The average Bonchev–Trinajstić information content (AvgIpc) is 3.42. The Labute approximate surface area is 252 Å². The fraction of sp³-hybridized carbons (Fsp3) is 0.469. The van der Waals surface area contributed by atoms with Crippen molar-refractivity contribution >= 4 is 22.9 Å². The maximum Gasteiger partial charge on any atom is 0.410 e. The fourth-order valence-corrected chi connectivity index (χ4v) is 5.63. The second-order valence-electron chi connectivity index (χ2n) is 12.2. The molecule has 2 fully saturated rings. The van der Waals surface area contributed by atoms with E-state index in [-0.39, 0.29) is 12.1 Å². The van der Waals surface area contributed by atoms with E-state index in [1.54, 1.807) is 11.2 Å². The molecule has 0 saturated carbocycles. The molecule has 1 unspecified atom stereocenters. The molecule has 2 aliphatic heterocycles. The number of benzene rings is 1. The predicted octanol–water partition coefficient (Wildman–Crippen LogP) is 4.46. The molecule has 3 aromatic heterocycles. The Bertz CT molecular complexity index is 1570. The Hall–Kier alpha value is -4.09. The highest BCUT2D eigenvalue weighted by molar-refractivity contribution is 5.81. The second kappa shape index (κ2) is 12.3. The van der Waals surface area contributed by atoms with Crippen LogP contribution in [0.25, 0.3) is 22.3 Å². The Balaban J connectivity index is 1.11. The molecule has 0 aliphatic carbocycles. The summed E-state index contributed by atoms with van der Waals surface area (Å²) in [6, 6.07) is 12.7. The number of nitrogens with zero attached hydrogens (tertiary/aromatic N) is 7. The number of nitrogens with one attached hydrogen (secondary N) is 1. The van der Waals surface area contributed by atoms with Gasteiger partial charge in [0.2, 0.25) is 0 Å². The van der Waals surface area contributed by atoms with E-state index in [1.807, 2.05) is 39.1 Å². The summed E-state index contributed by atoms with van der Waals surface area (Å²) in [6.07, 6.45) is 3.87. The van der Waals surface area contributed by atoms with Crippen LogP contribution in [-0.4, -0.2) is 98.9 Å². The number of rotatable bonds is 6. The molecule has 1 amide bonds. The number of H-pyrrole nitrogens is 1. The highest BCUT2D eigenvalue weighted by atomic mass is 16.6. The molecule has 6 rings (SSSR count). The lowest BCUT2D eigenvalue weighted by Crippen LogP contribution is -2.50. The van der Waals surface area contributed by atoms with Crippen molar-refractivity contribution in [1.82, 2.24) is 34.7 Å². The van der Waals surface area contributed by atoms with E-state index in [2.05, 4.69) is 60.9 Å². The van der Waals surface area contributed by atoms with E-state index >= 15 is 0 Å². The average molecular weight is 585 g/mol. The fourth-order valence-electron chi connectivity index (χ4n) is 5.63. The number of fused-ring (bicyclic) bond motifs is 1. The van der Waals surface area contributed by atoms with Gasteiger partial charge in [-0.05, 0) is 57.5 Å². The molecular formula is C32H40N8O3. The molecule has 0 radical (unpaired) electrons. The monoisotopic (exact) mass is 584 g/mol. The van der Waals surface area contributed by atoms with Crippen LogP contribution in [0.1, 0.15) is 50.8 Å². The van der Waals surface area contributed by atoms with Gasteiger partial charge in [-0.1, -0.05) is 6.07 Å². The molecular weight excluding hydrogens is 544 g/mol. The van der Waals surface area contributed by atoms with Crippen LogP contribution in [0.5, 0.6) is 0 Å². The van der Waals surface area contributed by atoms with Crippen LogP contribution in [0, 0.1) is 0 Å². The van der Waals surface area contributed by atoms with Crippen LogP contribution in [0.3, 0.4) is 0 Å².